The Morgan fingerprint density at radius 3 is 2.16 bits per heavy atom. The third kappa shape index (κ3) is 4.86. The van der Waals surface area contributed by atoms with Crippen LogP contribution in [0.3, 0.4) is 0 Å². The van der Waals surface area contributed by atoms with Gasteiger partial charge in [0.1, 0.15) is 0 Å². The number of hydrogen-bond donors (Lipinski definition) is 2. The van der Waals surface area contributed by atoms with Crippen molar-refractivity contribution >= 4 is 17.8 Å². The second-order valence-electron chi connectivity index (χ2n) is 3.90. The molecule has 1 aromatic heterocycles. The van der Waals surface area contributed by atoms with E-state index in [-0.39, 0.29) is 0 Å². The quantitative estimate of drug-likeness (QED) is 0.652. The molecular weight excluding hydrogens is 244 g/mol. The monoisotopic (exact) mass is 268 g/mol. The maximum absolute atomic E-state index is 5.00. The zero-order chi connectivity index (χ0) is 14.1. The molecule has 0 aliphatic heterocycles. The van der Waals surface area contributed by atoms with Gasteiger partial charge in [0.05, 0.1) is 6.61 Å². The molecule has 0 fully saturated rings. The van der Waals surface area contributed by atoms with Crippen LogP contribution >= 0.6 is 0 Å². The number of methoxy groups -OCH3 is 1. The smallest absolute Gasteiger partial charge is 0.231 e. The minimum absolute atomic E-state index is 0.574. The lowest BCUT2D eigenvalue weighted by atomic mass is 10.5. The lowest BCUT2D eigenvalue weighted by Crippen LogP contribution is -2.25. The summed E-state index contributed by atoms with van der Waals surface area (Å²) in [5.74, 6) is 1.86. The third-order valence-electron chi connectivity index (χ3n) is 2.59. The molecule has 0 radical (unpaired) electrons. The fourth-order valence-electron chi connectivity index (χ4n) is 1.59. The largest absolute Gasteiger partial charge is 0.383 e. The molecule has 1 aromatic rings. The maximum atomic E-state index is 5.00. The fraction of sp³-hybridized carbons (Fsp3) is 0.750. The van der Waals surface area contributed by atoms with Crippen molar-refractivity contribution in [1.29, 1.82) is 0 Å². The molecule has 0 amide bonds. The molecular formula is C12H24N6O. The number of anilines is 3. The predicted molar refractivity (Wildman–Crippen MR) is 77.9 cm³/mol. The number of nitrogens with zero attached hydrogens (tertiary/aromatic N) is 4. The van der Waals surface area contributed by atoms with E-state index in [0.29, 0.717) is 31.0 Å². The van der Waals surface area contributed by atoms with Crippen LogP contribution < -0.4 is 15.5 Å². The van der Waals surface area contributed by atoms with Crippen molar-refractivity contribution < 1.29 is 4.74 Å². The highest BCUT2D eigenvalue weighted by Crippen LogP contribution is 2.13. The Bertz CT molecular complexity index is 369. The van der Waals surface area contributed by atoms with Crippen molar-refractivity contribution in [2.24, 2.45) is 0 Å². The first-order chi connectivity index (χ1) is 9.24. The summed E-state index contributed by atoms with van der Waals surface area (Å²) in [4.78, 5) is 15.2. The Labute approximate surface area is 114 Å². The lowest BCUT2D eigenvalue weighted by molar-refractivity contribution is 0.210. The second kappa shape index (κ2) is 8.47. The van der Waals surface area contributed by atoms with E-state index in [4.69, 9.17) is 4.74 Å². The summed E-state index contributed by atoms with van der Waals surface area (Å²) in [6, 6.07) is 0. The summed E-state index contributed by atoms with van der Waals surface area (Å²) in [5, 5.41) is 6.26. The Kier molecular flexibility index (Phi) is 6.88. The maximum Gasteiger partial charge on any atom is 0.231 e. The summed E-state index contributed by atoms with van der Waals surface area (Å²) >= 11 is 0. The van der Waals surface area contributed by atoms with Crippen molar-refractivity contribution in [3.8, 4) is 0 Å². The van der Waals surface area contributed by atoms with Gasteiger partial charge in [-0.1, -0.05) is 0 Å². The molecule has 0 aromatic carbocycles. The number of ether oxygens (including phenoxy) is 1. The highest BCUT2D eigenvalue weighted by molar-refractivity contribution is 5.43. The lowest BCUT2D eigenvalue weighted by Gasteiger charge is -2.19. The predicted octanol–water partition coefficient (Wildman–Crippen LogP) is 1.21. The number of hydrogen-bond acceptors (Lipinski definition) is 7. The van der Waals surface area contributed by atoms with E-state index < -0.39 is 0 Å². The van der Waals surface area contributed by atoms with Gasteiger partial charge in [0.25, 0.3) is 0 Å². The molecule has 0 saturated carbocycles. The Morgan fingerprint density at radius 1 is 1.00 bits per heavy atom. The second-order valence-corrected chi connectivity index (χ2v) is 3.90. The number of aromatic nitrogens is 3. The van der Waals surface area contributed by atoms with E-state index >= 15 is 0 Å². The summed E-state index contributed by atoms with van der Waals surface area (Å²) in [6.45, 7) is 9.97. The highest BCUT2D eigenvalue weighted by Gasteiger charge is 2.10. The van der Waals surface area contributed by atoms with E-state index in [1.807, 2.05) is 6.92 Å². The average molecular weight is 268 g/mol. The minimum Gasteiger partial charge on any atom is -0.383 e. The van der Waals surface area contributed by atoms with Crippen LogP contribution in [0.4, 0.5) is 17.8 Å². The normalized spacial score (nSPS) is 10.3. The molecule has 0 aliphatic carbocycles. The van der Waals surface area contributed by atoms with Gasteiger partial charge in [0.15, 0.2) is 0 Å². The molecule has 0 spiro atoms. The molecule has 1 rings (SSSR count). The fourth-order valence-corrected chi connectivity index (χ4v) is 1.59. The minimum atomic E-state index is 0.574. The molecule has 0 atom stereocenters. The Morgan fingerprint density at radius 2 is 1.63 bits per heavy atom. The van der Waals surface area contributed by atoms with E-state index in [1.165, 1.54) is 0 Å². The van der Waals surface area contributed by atoms with Gasteiger partial charge >= 0.3 is 0 Å². The van der Waals surface area contributed by atoms with Crippen LogP contribution in [-0.4, -0.2) is 54.8 Å². The van der Waals surface area contributed by atoms with Crippen molar-refractivity contribution in [3.05, 3.63) is 0 Å². The molecule has 19 heavy (non-hydrogen) atoms. The summed E-state index contributed by atoms with van der Waals surface area (Å²) in [6.07, 6.45) is 0. The first-order valence-electron chi connectivity index (χ1n) is 6.72. The highest BCUT2D eigenvalue weighted by atomic mass is 16.5. The van der Waals surface area contributed by atoms with E-state index in [1.54, 1.807) is 7.11 Å². The van der Waals surface area contributed by atoms with Crippen LogP contribution in [-0.2, 0) is 4.74 Å². The molecule has 7 heteroatoms. The standard InChI is InChI=1S/C12H24N6O/c1-5-13-10-15-11(14-8-9-19-4)17-12(16-10)18(6-2)7-3/h5-9H2,1-4H3,(H2,13,14,15,16,17). The Hall–Kier alpha value is -1.63. The van der Waals surface area contributed by atoms with E-state index in [9.17, 15) is 0 Å². The number of nitrogens with one attached hydrogen (secondary N) is 2. The molecule has 108 valence electrons. The van der Waals surface area contributed by atoms with E-state index in [2.05, 4.69) is 44.3 Å². The summed E-state index contributed by atoms with van der Waals surface area (Å²) in [5.41, 5.74) is 0. The first-order valence-corrected chi connectivity index (χ1v) is 6.72. The van der Waals surface area contributed by atoms with Gasteiger partial charge in [-0.15, -0.1) is 0 Å². The van der Waals surface area contributed by atoms with Crippen LogP contribution in [0.1, 0.15) is 20.8 Å². The molecule has 0 aliphatic rings. The molecule has 1 heterocycles. The van der Waals surface area contributed by atoms with Gasteiger partial charge in [0, 0.05) is 33.3 Å². The van der Waals surface area contributed by atoms with Crippen LogP contribution in [0.15, 0.2) is 0 Å². The third-order valence-corrected chi connectivity index (χ3v) is 2.59. The van der Waals surface area contributed by atoms with Crippen molar-refractivity contribution in [1.82, 2.24) is 15.0 Å². The first kappa shape index (κ1) is 15.4. The zero-order valence-corrected chi connectivity index (χ0v) is 12.2. The van der Waals surface area contributed by atoms with Crippen LogP contribution in [0.5, 0.6) is 0 Å². The van der Waals surface area contributed by atoms with Gasteiger partial charge in [-0.05, 0) is 20.8 Å². The molecule has 0 saturated heterocycles. The van der Waals surface area contributed by atoms with Crippen LogP contribution in [0.2, 0.25) is 0 Å². The molecule has 0 unspecified atom stereocenters. The summed E-state index contributed by atoms with van der Waals surface area (Å²) < 4.78 is 5.00. The number of rotatable bonds is 9. The molecule has 7 nitrogen and oxygen atoms in total. The summed E-state index contributed by atoms with van der Waals surface area (Å²) in [7, 11) is 1.67. The van der Waals surface area contributed by atoms with Crippen LogP contribution in [0.25, 0.3) is 0 Å². The SMILES string of the molecule is CCNc1nc(NCCOC)nc(N(CC)CC)n1. The van der Waals surface area contributed by atoms with Gasteiger partial charge in [0.2, 0.25) is 17.8 Å². The van der Waals surface area contributed by atoms with Gasteiger partial charge in [-0.25, -0.2) is 0 Å². The van der Waals surface area contributed by atoms with Gasteiger partial charge in [-0.3, -0.25) is 0 Å². The van der Waals surface area contributed by atoms with Gasteiger partial charge < -0.3 is 20.3 Å². The van der Waals surface area contributed by atoms with Crippen molar-refractivity contribution in [2.75, 3.05) is 55.4 Å². The topological polar surface area (TPSA) is 75.2 Å². The zero-order valence-electron chi connectivity index (χ0n) is 12.2. The van der Waals surface area contributed by atoms with Gasteiger partial charge in [-0.2, -0.15) is 15.0 Å². The van der Waals surface area contributed by atoms with Crippen molar-refractivity contribution in [2.45, 2.75) is 20.8 Å². The molecule has 2 N–H and O–H groups in total. The molecule has 0 bridgehead atoms. The van der Waals surface area contributed by atoms with Crippen LogP contribution in [0, 0.1) is 0 Å². The van der Waals surface area contributed by atoms with Crippen molar-refractivity contribution in [3.63, 3.8) is 0 Å². The average Bonchev–Trinajstić information content (AvgIpc) is 2.41. The van der Waals surface area contributed by atoms with E-state index in [0.717, 1.165) is 19.6 Å². The Balaban J connectivity index is 2.89.